The van der Waals surface area contributed by atoms with Crippen LogP contribution >= 0.6 is 15.9 Å². The molecule has 1 heterocycles. The van der Waals surface area contributed by atoms with Gasteiger partial charge >= 0.3 is 0 Å². The van der Waals surface area contributed by atoms with Crippen LogP contribution in [-0.4, -0.2) is 4.57 Å². The molecule has 0 amide bonds. The van der Waals surface area contributed by atoms with Gasteiger partial charge in [0.15, 0.2) is 0 Å². The van der Waals surface area contributed by atoms with Gasteiger partial charge in [-0.3, -0.25) is 0 Å². The zero-order valence-electron chi connectivity index (χ0n) is 13.9. The molecule has 0 saturated carbocycles. The second-order valence-electron chi connectivity index (χ2n) is 6.35. The van der Waals surface area contributed by atoms with Gasteiger partial charge in [-0.05, 0) is 59.5 Å². The summed E-state index contributed by atoms with van der Waals surface area (Å²) in [5, 5.41) is 1.15. The predicted molar refractivity (Wildman–Crippen MR) is 104 cm³/mol. The first-order valence-electron chi connectivity index (χ1n) is 8.35. The molecule has 0 saturated heterocycles. The average molecular weight is 412 g/mol. The van der Waals surface area contributed by atoms with Crippen LogP contribution in [-0.2, 0) is 13.0 Å². The van der Waals surface area contributed by atoms with Crippen LogP contribution in [0.3, 0.4) is 0 Å². The van der Waals surface area contributed by atoms with E-state index in [2.05, 4.69) is 32.8 Å². The third-order valence-corrected chi connectivity index (χ3v) is 5.17. The molecule has 0 spiro atoms. The van der Waals surface area contributed by atoms with Crippen LogP contribution in [0.4, 0.5) is 8.78 Å². The Labute approximate surface area is 159 Å². The fourth-order valence-corrected chi connectivity index (χ4v) is 3.88. The van der Waals surface area contributed by atoms with Gasteiger partial charge in [-0.2, -0.15) is 0 Å². The quantitative estimate of drug-likeness (QED) is 0.370. The highest BCUT2D eigenvalue weighted by molar-refractivity contribution is 9.10. The minimum Gasteiger partial charge on any atom is -0.343 e. The van der Waals surface area contributed by atoms with Gasteiger partial charge < -0.3 is 4.57 Å². The van der Waals surface area contributed by atoms with Crippen molar-refractivity contribution >= 4 is 26.8 Å². The highest BCUT2D eigenvalue weighted by Crippen LogP contribution is 2.31. The third-order valence-electron chi connectivity index (χ3n) is 4.51. The Hall–Kier alpha value is -2.46. The van der Waals surface area contributed by atoms with Crippen molar-refractivity contribution in [2.24, 2.45) is 0 Å². The Balaban J connectivity index is 1.75. The molecule has 1 nitrogen and oxygen atoms in total. The third kappa shape index (κ3) is 3.42. The molecule has 0 atom stereocenters. The molecule has 0 N–H and O–H groups in total. The molecular weight excluding hydrogens is 396 g/mol. The summed E-state index contributed by atoms with van der Waals surface area (Å²) in [6, 6.07) is 19.3. The molecule has 4 rings (SSSR count). The number of aromatic nitrogens is 1. The van der Waals surface area contributed by atoms with Crippen LogP contribution < -0.4 is 0 Å². The van der Waals surface area contributed by atoms with Crippen molar-refractivity contribution < 1.29 is 8.78 Å². The topological polar surface area (TPSA) is 4.93 Å². The van der Waals surface area contributed by atoms with E-state index in [4.69, 9.17) is 0 Å². The number of halogens is 3. The summed E-state index contributed by atoms with van der Waals surface area (Å²) in [7, 11) is 0. The van der Waals surface area contributed by atoms with E-state index in [0.29, 0.717) is 6.54 Å². The maximum absolute atomic E-state index is 13.2. The summed E-state index contributed by atoms with van der Waals surface area (Å²) < 4.78 is 29.6. The molecule has 0 aliphatic heterocycles. The molecule has 26 heavy (non-hydrogen) atoms. The van der Waals surface area contributed by atoms with E-state index < -0.39 is 0 Å². The van der Waals surface area contributed by atoms with Gasteiger partial charge in [0.05, 0.1) is 0 Å². The molecular formula is C22H16BrF2N. The lowest BCUT2D eigenvalue weighted by molar-refractivity contribution is 0.626. The molecule has 0 radical (unpaired) electrons. The van der Waals surface area contributed by atoms with Crippen LogP contribution in [0.1, 0.15) is 16.7 Å². The van der Waals surface area contributed by atoms with E-state index in [-0.39, 0.29) is 11.6 Å². The van der Waals surface area contributed by atoms with Crippen molar-refractivity contribution in [1.82, 2.24) is 4.57 Å². The second kappa shape index (κ2) is 7.04. The van der Waals surface area contributed by atoms with Crippen LogP contribution in [0.15, 0.2) is 77.4 Å². The zero-order valence-corrected chi connectivity index (χ0v) is 15.5. The van der Waals surface area contributed by atoms with Crippen molar-refractivity contribution in [3.63, 3.8) is 0 Å². The van der Waals surface area contributed by atoms with Gasteiger partial charge in [-0.1, -0.05) is 46.3 Å². The van der Waals surface area contributed by atoms with Crippen molar-refractivity contribution in [2.45, 2.75) is 13.0 Å². The highest BCUT2D eigenvalue weighted by atomic mass is 79.9. The molecule has 0 fully saturated rings. The lowest BCUT2D eigenvalue weighted by Gasteiger charge is -2.06. The number of hydrogen-bond acceptors (Lipinski definition) is 0. The van der Waals surface area contributed by atoms with E-state index in [1.165, 1.54) is 29.8 Å². The maximum Gasteiger partial charge on any atom is 0.123 e. The first kappa shape index (κ1) is 17.0. The minimum atomic E-state index is -0.231. The Morgan fingerprint density at radius 1 is 0.769 bits per heavy atom. The summed E-state index contributed by atoms with van der Waals surface area (Å²) in [6.07, 6.45) is 2.85. The summed E-state index contributed by atoms with van der Waals surface area (Å²) in [5.74, 6) is -0.459. The van der Waals surface area contributed by atoms with Gasteiger partial charge in [0.25, 0.3) is 0 Å². The number of rotatable bonds is 4. The first-order chi connectivity index (χ1) is 12.6. The lowest BCUT2D eigenvalue weighted by atomic mass is 10.0. The van der Waals surface area contributed by atoms with Gasteiger partial charge in [-0.25, -0.2) is 8.78 Å². The van der Waals surface area contributed by atoms with E-state index in [1.807, 2.05) is 24.3 Å². The van der Waals surface area contributed by atoms with Gasteiger partial charge in [0.2, 0.25) is 0 Å². The second-order valence-corrected chi connectivity index (χ2v) is 7.20. The number of hydrogen-bond donors (Lipinski definition) is 0. The number of fused-ring (bicyclic) bond motifs is 1. The monoisotopic (exact) mass is 411 g/mol. The lowest BCUT2D eigenvalue weighted by Crippen LogP contribution is -1.98. The largest absolute Gasteiger partial charge is 0.343 e. The molecule has 3 aromatic carbocycles. The number of benzene rings is 3. The molecule has 1 aromatic heterocycles. The predicted octanol–water partition coefficient (Wildman–Crippen LogP) is 6.32. The van der Waals surface area contributed by atoms with Crippen molar-refractivity contribution in [1.29, 1.82) is 0 Å². The molecule has 4 aromatic rings. The number of nitrogens with zero attached hydrogens (tertiary/aromatic N) is 1. The summed E-state index contributed by atoms with van der Waals surface area (Å²) in [5.41, 5.74) is 4.38. The minimum absolute atomic E-state index is 0.228. The highest BCUT2D eigenvalue weighted by Gasteiger charge is 2.12. The fourth-order valence-electron chi connectivity index (χ4n) is 3.27. The first-order valence-corrected chi connectivity index (χ1v) is 9.14. The normalized spacial score (nSPS) is 11.2. The van der Waals surface area contributed by atoms with Gasteiger partial charge in [0, 0.05) is 28.1 Å². The van der Waals surface area contributed by atoms with Crippen molar-refractivity contribution in [3.05, 3.63) is 106 Å². The molecule has 0 unspecified atom stereocenters. The SMILES string of the molecule is Fc1ccc(Cc2cn(Cc3ccc(F)cc3)c3cccc(Br)c23)cc1. The van der Waals surface area contributed by atoms with Crippen LogP contribution in [0.5, 0.6) is 0 Å². The van der Waals surface area contributed by atoms with Gasteiger partial charge in [0.1, 0.15) is 11.6 Å². The van der Waals surface area contributed by atoms with E-state index in [0.717, 1.165) is 32.9 Å². The van der Waals surface area contributed by atoms with E-state index in [9.17, 15) is 8.78 Å². The molecule has 130 valence electrons. The van der Waals surface area contributed by atoms with Crippen molar-refractivity contribution in [2.75, 3.05) is 0 Å². The summed E-state index contributed by atoms with van der Waals surface area (Å²) in [6.45, 7) is 0.663. The summed E-state index contributed by atoms with van der Waals surface area (Å²) >= 11 is 3.66. The zero-order chi connectivity index (χ0) is 18.1. The average Bonchev–Trinajstić information content (AvgIpc) is 2.98. The standard InChI is InChI=1S/C22H16BrF2N/c23-20-2-1-3-21-22(20)17(12-15-4-8-18(24)9-5-15)14-26(21)13-16-6-10-19(25)11-7-16/h1-11,14H,12-13H2. The molecule has 0 aliphatic carbocycles. The van der Waals surface area contributed by atoms with Gasteiger partial charge in [-0.15, -0.1) is 0 Å². The molecule has 4 heteroatoms. The van der Waals surface area contributed by atoms with E-state index >= 15 is 0 Å². The molecule has 0 bridgehead atoms. The van der Waals surface area contributed by atoms with Crippen LogP contribution in [0.25, 0.3) is 10.9 Å². The fraction of sp³-hybridized carbons (Fsp3) is 0.0909. The summed E-state index contributed by atoms with van der Waals surface area (Å²) in [4.78, 5) is 0. The Kier molecular flexibility index (Phi) is 4.60. The van der Waals surface area contributed by atoms with Crippen LogP contribution in [0.2, 0.25) is 0 Å². The Bertz CT molecular complexity index is 1050. The Morgan fingerprint density at radius 2 is 1.38 bits per heavy atom. The smallest absolute Gasteiger partial charge is 0.123 e. The van der Waals surface area contributed by atoms with Crippen molar-refractivity contribution in [3.8, 4) is 0 Å². The van der Waals surface area contributed by atoms with Crippen LogP contribution in [0, 0.1) is 11.6 Å². The Morgan fingerprint density at radius 3 is 2.04 bits per heavy atom. The maximum atomic E-state index is 13.2. The molecule has 0 aliphatic rings. The van der Waals surface area contributed by atoms with E-state index in [1.54, 1.807) is 12.1 Å².